The molecule has 0 spiro atoms. The van der Waals surface area contributed by atoms with Gasteiger partial charge in [0.2, 0.25) is 0 Å². The maximum atomic E-state index is 12.3. The molecule has 0 aliphatic rings. The molecule has 132 valence electrons. The van der Waals surface area contributed by atoms with Crippen LogP contribution in [0, 0.1) is 11.3 Å². The SMILES string of the molecule is N#C/C(=C\c1ccc(C(=O)O)cc1)C(=O)Nc1nc(-c2ccccc2)cs1. The van der Waals surface area contributed by atoms with Crippen LogP contribution in [0.1, 0.15) is 15.9 Å². The first-order chi connectivity index (χ1) is 13.1. The summed E-state index contributed by atoms with van der Waals surface area (Å²) in [5.74, 6) is -1.62. The molecule has 3 rings (SSSR count). The molecule has 1 aromatic heterocycles. The number of nitriles is 1. The van der Waals surface area contributed by atoms with E-state index in [1.54, 1.807) is 0 Å². The topological polar surface area (TPSA) is 103 Å². The molecule has 0 bridgehead atoms. The molecule has 0 atom stereocenters. The highest BCUT2D eigenvalue weighted by molar-refractivity contribution is 7.14. The molecule has 3 aromatic rings. The minimum absolute atomic E-state index is 0.102. The number of hydrogen-bond acceptors (Lipinski definition) is 5. The van der Waals surface area contributed by atoms with Crippen LogP contribution in [0.3, 0.4) is 0 Å². The number of carbonyl (C=O) groups is 2. The Morgan fingerprint density at radius 2 is 1.81 bits per heavy atom. The standard InChI is InChI=1S/C20H13N3O3S/c21-11-16(10-13-6-8-15(9-7-13)19(25)26)18(24)23-20-22-17(12-27-20)14-4-2-1-3-5-14/h1-10,12H,(H,25,26)(H,22,23,24)/b16-10+. The van der Waals surface area contributed by atoms with Gasteiger partial charge >= 0.3 is 5.97 Å². The van der Waals surface area contributed by atoms with Crippen molar-refractivity contribution in [1.82, 2.24) is 4.98 Å². The van der Waals surface area contributed by atoms with Gasteiger partial charge in [-0.25, -0.2) is 9.78 Å². The third kappa shape index (κ3) is 4.45. The van der Waals surface area contributed by atoms with Gasteiger partial charge in [-0.05, 0) is 23.8 Å². The maximum Gasteiger partial charge on any atom is 0.335 e. The maximum absolute atomic E-state index is 12.3. The zero-order valence-corrected chi connectivity index (χ0v) is 14.7. The molecule has 6 nitrogen and oxygen atoms in total. The lowest BCUT2D eigenvalue weighted by atomic mass is 10.1. The van der Waals surface area contributed by atoms with Crippen LogP contribution in [0.4, 0.5) is 5.13 Å². The van der Waals surface area contributed by atoms with Gasteiger partial charge in [-0.1, -0.05) is 42.5 Å². The quantitative estimate of drug-likeness (QED) is 0.517. The van der Waals surface area contributed by atoms with E-state index in [1.165, 1.54) is 41.7 Å². The molecule has 0 saturated carbocycles. The van der Waals surface area contributed by atoms with E-state index < -0.39 is 11.9 Å². The number of benzene rings is 2. The normalized spacial score (nSPS) is 10.9. The summed E-state index contributed by atoms with van der Waals surface area (Å²) in [6, 6.07) is 17.3. The highest BCUT2D eigenvalue weighted by atomic mass is 32.1. The Morgan fingerprint density at radius 3 is 2.44 bits per heavy atom. The predicted octanol–water partition coefficient (Wildman–Crippen LogP) is 4.05. The van der Waals surface area contributed by atoms with Gasteiger partial charge in [0.15, 0.2) is 5.13 Å². The summed E-state index contributed by atoms with van der Waals surface area (Å²) in [5, 5.41) is 23.0. The van der Waals surface area contributed by atoms with Crippen LogP contribution in [0.2, 0.25) is 0 Å². The fourth-order valence-corrected chi connectivity index (χ4v) is 2.99. The predicted molar refractivity (Wildman–Crippen MR) is 103 cm³/mol. The second kappa shape index (κ2) is 8.08. The van der Waals surface area contributed by atoms with Gasteiger partial charge in [0.1, 0.15) is 11.6 Å². The number of carboxylic acid groups (broad SMARTS) is 1. The number of rotatable bonds is 5. The average molecular weight is 375 g/mol. The molecule has 0 fully saturated rings. The molecule has 0 saturated heterocycles. The molecular weight excluding hydrogens is 362 g/mol. The van der Waals surface area contributed by atoms with E-state index in [1.807, 2.05) is 41.8 Å². The van der Waals surface area contributed by atoms with E-state index in [4.69, 9.17) is 5.11 Å². The number of aromatic nitrogens is 1. The minimum atomic E-state index is -1.04. The lowest BCUT2D eigenvalue weighted by molar-refractivity contribution is -0.112. The first kappa shape index (κ1) is 18.0. The number of hydrogen-bond donors (Lipinski definition) is 2. The van der Waals surface area contributed by atoms with Gasteiger partial charge in [0, 0.05) is 10.9 Å². The minimum Gasteiger partial charge on any atom is -0.478 e. The molecule has 27 heavy (non-hydrogen) atoms. The third-order valence-corrected chi connectivity index (χ3v) is 4.39. The first-order valence-electron chi connectivity index (χ1n) is 7.84. The van der Waals surface area contributed by atoms with E-state index in [2.05, 4.69) is 10.3 Å². The van der Waals surface area contributed by atoms with E-state index in [0.29, 0.717) is 10.7 Å². The number of anilines is 1. The van der Waals surface area contributed by atoms with Crippen LogP contribution in [0.5, 0.6) is 0 Å². The summed E-state index contributed by atoms with van der Waals surface area (Å²) in [4.78, 5) is 27.6. The Labute approximate surface area is 159 Å². The number of nitrogens with one attached hydrogen (secondary N) is 1. The summed E-state index contributed by atoms with van der Waals surface area (Å²) >= 11 is 1.27. The zero-order valence-electron chi connectivity index (χ0n) is 13.9. The third-order valence-electron chi connectivity index (χ3n) is 3.63. The van der Waals surface area contributed by atoms with Crippen molar-refractivity contribution >= 4 is 34.4 Å². The molecule has 7 heteroatoms. The fraction of sp³-hybridized carbons (Fsp3) is 0. The van der Waals surface area contributed by atoms with Gasteiger partial charge in [-0.2, -0.15) is 5.26 Å². The van der Waals surface area contributed by atoms with Gasteiger partial charge < -0.3 is 5.11 Å². The molecule has 2 N–H and O–H groups in total. The van der Waals surface area contributed by atoms with Crippen molar-refractivity contribution in [2.24, 2.45) is 0 Å². The van der Waals surface area contributed by atoms with Gasteiger partial charge in [-0.15, -0.1) is 11.3 Å². The molecular formula is C20H13N3O3S. The Balaban J connectivity index is 1.75. The van der Waals surface area contributed by atoms with E-state index >= 15 is 0 Å². The summed E-state index contributed by atoms with van der Waals surface area (Å²) in [7, 11) is 0. The van der Waals surface area contributed by atoms with Crippen LogP contribution in [-0.2, 0) is 4.79 Å². The summed E-state index contributed by atoms with van der Waals surface area (Å²) < 4.78 is 0. The van der Waals surface area contributed by atoms with Crippen LogP contribution in [0.25, 0.3) is 17.3 Å². The largest absolute Gasteiger partial charge is 0.478 e. The van der Waals surface area contributed by atoms with Crippen LogP contribution < -0.4 is 5.32 Å². The molecule has 0 radical (unpaired) electrons. The molecule has 0 aliphatic heterocycles. The van der Waals surface area contributed by atoms with Crippen LogP contribution in [0.15, 0.2) is 65.6 Å². The van der Waals surface area contributed by atoms with Gasteiger partial charge in [0.05, 0.1) is 11.3 Å². The van der Waals surface area contributed by atoms with Crippen molar-refractivity contribution in [1.29, 1.82) is 5.26 Å². The highest BCUT2D eigenvalue weighted by Crippen LogP contribution is 2.25. The first-order valence-corrected chi connectivity index (χ1v) is 8.72. The second-order valence-electron chi connectivity index (χ2n) is 5.46. The molecule has 1 heterocycles. The Hall–Kier alpha value is -3.76. The van der Waals surface area contributed by atoms with Crippen molar-refractivity contribution in [3.63, 3.8) is 0 Å². The van der Waals surface area contributed by atoms with E-state index in [9.17, 15) is 14.9 Å². The number of nitrogens with zero attached hydrogens (tertiary/aromatic N) is 2. The van der Waals surface area contributed by atoms with Crippen molar-refractivity contribution in [2.75, 3.05) is 5.32 Å². The second-order valence-corrected chi connectivity index (χ2v) is 6.31. The molecule has 1 amide bonds. The summed E-state index contributed by atoms with van der Waals surface area (Å²) in [5.41, 5.74) is 2.25. The Kier molecular flexibility index (Phi) is 5.40. The molecule has 2 aromatic carbocycles. The lowest BCUT2D eigenvalue weighted by Crippen LogP contribution is -2.13. The van der Waals surface area contributed by atoms with Crippen molar-refractivity contribution in [3.05, 3.63) is 76.7 Å². The number of aromatic carboxylic acids is 1. The van der Waals surface area contributed by atoms with Gasteiger partial charge in [0.25, 0.3) is 5.91 Å². The number of amides is 1. The zero-order chi connectivity index (χ0) is 19.2. The highest BCUT2D eigenvalue weighted by Gasteiger charge is 2.13. The van der Waals surface area contributed by atoms with Crippen molar-refractivity contribution in [2.45, 2.75) is 0 Å². The number of thiazole rings is 1. The van der Waals surface area contributed by atoms with Crippen LogP contribution >= 0.6 is 11.3 Å². The van der Waals surface area contributed by atoms with Crippen molar-refractivity contribution < 1.29 is 14.7 Å². The average Bonchev–Trinajstić information content (AvgIpc) is 3.15. The van der Waals surface area contributed by atoms with Gasteiger partial charge in [-0.3, -0.25) is 10.1 Å². The number of carboxylic acids is 1. The fourth-order valence-electron chi connectivity index (χ4n) is 2.27. The van der Waals surface area contributed by atoms with Crippen LogP contribution in [-0.4, -0.2) is 22.0 Å². The summed E-state index contributed by atoms with van der Waals surface area (Å²) in [6.45, 7) is 0. The smallest absolute Gasteiger partial charge is 0.335 e. The Bertz CT molecular complexity index is 1050. The number of carbonyl (C=O) groups excluding carboxylic acids is 1. The van der Waals surface area contributed by atoms with Crippen molar-refractivity contribution in [3.8, 4) is 17.3 Å². The molecule has 0 aliphatic carbocycles. The Morgan fingerprint density at radius 1 is 1.11 bits per heavy atom. The lowest BCUT2D eigenvalue weighted by Gasteiger charge is -2.01. The molecule has 0 unspecified atom stereocenters. The van der Waals surface area contributed by atoms with E-state index in [-0.39, 0.29) is 11.1 Å². The summed E-state index contributed by atoms with van der Waals surface area (Å²) in [6.07, 6.45) is 1.40. The monoisotopic (exact) mass is 375 g/mol. The van der Waals surface area contributed by atoms with E-state index in [0.717, 1.165) is 11.3 Å².